The summed E-state index contributed by atoms with van der Waals surface area (Å²) in [6.07, 6.45) is 0. The lowest BCUT2D eigenvalue weighted by Crippen LogP contribution is -2.50. The maximum absolute atomic E-state index is 11.9. The minimum Gasteiger partial charge on any atom is -0.313 e. The summed E-state index contributed by atoms with van der Waals surface area (Å²) in [5.41, 5.74) is 0. The third-order valence-corrected chi connectivity index (χ3v) is 3.29. The van der Waals surface area contributed by atoms with Gasteiger partial charge in [-0.1, -0.05) is 0 Å². The van der Waals surface area contributed by atoms with Gasteiger partial charge in [-0.3, -0.25) is 9.69 Å². The van der Waals surface area contributed by atoms with Gasteiger partial charge >= 0.3 is 6.03 Å². The first-order valence-corrected chi connectivity index (χ1v) is 5.78. The third kappa shape index (κ3) is 1.91. The molecule has 5 heteroatoms. The Labute approximate surface area is 96.0 Å². The van der Waals surface area contributed by atoms with Gasteiger partial charge < -0.3 is 9.80 Å². The van der Waals surface area contributed by atoms with Crippen LogP contribution in [-0.4, -0.2) is 65.9 Å². The summed E-state index contributed by atoms with van der Waals surface area (Å²) in [4.78, 5) is 28.9. The van der Waals surface area contributed by atoms with E-state index in [1.165, 1.54) is 4.90 Å². The summed E-state index contributed by atoms with van der Waals surface area (Å²) < 4.78 is 0. The number of imide groups is 1. The van der Waals surface area contributed by atoms with Crippen LogP contribution in [0.3, 0.4) is 0 Å². The molecule has 90 valence electrons. The van der Waals surface area contributed by atoms with E-state index in [-0.39, 0.29) is 24.5 Å². The van der Waals surface area contributed by atoms with Crippen molar-refractivity contribution in [1.82, 2.24) is 14.7 Å². The van der Waals surface area contributed by atoms with Gasteiger partial charge in [0, 0.05) is 31.6 Å². The monoisotopic (exact) mass is 225 g/mol. The van der Waals surface area contributed by atoms with Crippen molar-refractivity contribution >= 4 is 11.9 Å². The second-order valence-electron chi connectivity index (χ2n) is 5.10. The molecule has 0 atom stereocenters. The molecule has 0 aromatic rings. The summed E-state index contributed by atoms with van der Waals surface area (Å²) in [6, 6.07) is -0.0138. The Morgan fingerprint density at radius 3 is 2.38 bits per heavy atom. The van der Waals surface area contributed by atoms with E-state index in [0.717, 1.165) is 13.1 Å². The molecule has 0 spiro atoms. The first kappa shape index (κ1) is 11.4. The number of hydrogen-bond acceptors (Lipinski definition) is 3. The predicted octanol–water partition coefficient (Wildman–Crippen LogP) is 0.221. The second-order valence-corrected chi connectivity index (χ2v) is 5.10. The standard InChI is InChI=1S/C11H19N3O2/c1-8(2)13-7-10(15)14(11(13)16)6-9-4-12(3)5-9/h8-9H,4-7H2,1-3H3. The van der Waals surface area contributed by atoms with Crippen LogP contribution < -0.4 is 0 Å². The Morgan fingerprint density at radius 2 is 1.94 bits per heavy atom. The fraction of sp³-hybridized carbons (Fsp3) is 0.818. The first-order chi connectivity index (χ1) is 7.49. The highest BCUT2D eigenvalue weighted by molar-refractivity contribution is 6.02. The number of urea groups is 1. The van der Waals surface area contributed by atoms with E-state index in [0.29, 0.717) is 12.5 Å². The van der Waals surface area contributed by atoms with Gasteiger partial charge in [-0.05, 0) is 20.9 Å². The molecule has 3 amide bonds. The number of rotatable bonds is 3. The summed E-state index contributed by atoms with van der Waals surface area (Å²) in [5, 5.41) is 0. The molecule has 0 saturated carbocycles. The minimum absolute atomic E-state index is 0.0479. The second kappa shape index (κ2) is 4.05. The van der Waals surface area contributed by atoms with Crippen LogP contribution in [0.5, 0.6) is 0 Å². The third-order valence-electron chi connectivity index (χ3n) is 3.29. The molecule has 0 N–H and O–H groups in total. The molecule has 16 heavy (non-hydrogen) atoms. The Morgan fingerprint density at radius 1 is 1.31 bits per heavy atom. The average Bonchev–Trinajstić information content (AvgIpc) is 2.42. The molecule has 0 bridgehead atoms. The summed E-state index contributed by atoms with van der Waals surface area (Å²) >= 11 is 0. The van der Waals surface area contributed by atoms with E-state index in [2.05, 4.69) is 4.90 Å². The number of carbonyl (C=O) groups excluding carboxylic acids is 2. The minimum atomic E-state index is -0.116. The average molecular weight is 225 g/mol. The summed E-state index contributed by atoms with van der Waals surface area (Å²) in [5.74, 6) is 0.415. The molecular formula is C11H19N3O2. The quantitative estimate of drug-likeness (QED) is 0.645. The van der Waals surface area contributed by atoms with Gasteiger partial charge in [0.15, 0.2) is 0 Å². The summed E-state index contributed by atoms with van der Waals surface area (Å²) in [7, 11) is 2.05. The van der Waals surface area contributed by atoms with E-state index in [1.807, 2.05) is 20.9 Å². The van der Waals surface area contributed by atoms with Crippen LogP contribution in [0.4, 0.5) is 4.79 Å². The van der Waals surface area contributed by atoms with Gasteiger partial charge in [0.05, 0.1) is 0 Å². The zero-order valence-electron chi connectivity index (χ0n) is 10.1. The Kier molecular flexibility index (Phi) is 2.88. The Bertz CT molecular complexity index is 310. The van der Waals surface area contributed by atoms with Crippen molar-refractivity contribution in [3.8, 4) is 0 Å². The SMILES string of the molecule is CC(C)N1CC(=O)N(CC2CN(C)C2)C1=O. The van der Waals surface area contributed by atoms with Crippen LogP contribution in [0.25, 0.3) is 0 Å². The van der Waals surface area contributed by atoms with Crippen LogP contribution in [0, 0.1) is 5.92 Å². The van der Waals surface area contributed by atoms with Crippen LogP contribution in [0.15, 0.2) is 0 Å². The van der Waals surface area contributed by atoms with Crippen molar-refractivity contribution in [2.45, 2.75) is 19.9 Å². The van der Waals surface area contributed by atoms with E-state index in [9.17, 15) is 9.59 Å². The van der Waals surface area contributed by atoms with Gasteiger partial charge in [0.2, 0.25) is 5.91 Å². The normalized spacial score (nSPS) is 23.5. The highest BCUT2D eigenvalue weighted by atomic mass is 16.2. The van der Waals surface area contributed by atoms with Crippen molar-refractivity contribution < 1.29 is 9.59 Å². The maximum Gasteiger partial charge on any atom is 0.327 e. The zero-order valence-corrected chi connectivity index (χ0v) is 10.1. The summed E-state index contributed by atoms with van der Waals surface area (Å²) in [6.45, 7) is 6.68. The molecule has 0 radical (unpaired) electrons. The van der Waals surface area contributed by atoms with Crippen molar-refractivity contribution in [2.24, 2.45) is 5.92 Å². The lowest BCUT2D eigenvalue weighted by molar-refractivity contribution is -0.126. The van der Waals surface area contributed by atoms with Gasteiger partial charge in [-0.25, -0.2) is 4.79 Å². The molecule has 2 heterocycles. The molecule has 0 unspecified atom stereocenters. The van der Waals surface area contributed by atoms with Gasteiger partial charge in [-0.2, -0.15) is 0 Å². The molecule has 2 rings (SSSR count). The van der Waals surface area contributed by atoms with E-state index >= 15 is 0 Å². The van der Waals surface area contributed by atoms with E-state index in [4.69, 9.17) is 0 Å². The number of nitrogens with zero attached hydrogens (tertiary/aromatic N) is 3. The topological polar surface area (TPSA) is 43.9 Å². The largest absolute Gasteiger partial charge is 0.327 e. The molecule has 0 aromatic heterocycles. The fourth-order valence-electron chi connectivity index (χ4n) is 2.35. The highest BCUT2D eigenvalue weighted by Gasteiger charge is 2.39. The Balaban J connectivity index is 1.94. The number of amides is 3. The van der Waals surface area contributed by atoms with Crippen molar-refractivity contribution in [1.29, 1.82) is 0 Å². The zero-order chi connectivity index (χ0) is 11.9. The van der Waals surface area contributed by atoms with Gasteiger partial charge in [-0.15, -0.1) is 0 Å². The lowest BCUT2D eigenvalue weighted by atomic mass is 10.0. The molecule has 2 saturated heterocycles. The van der Waals surface area contributed by atoms with Crippen molar-refractivity contribution in [3.63, 3.8) is 0 Å². The number of hydrogen-bond donors (Lipinski definition) is 0. The maximum atomic E-state index is 11.9. The highest BCUT2D eigenvalue weighted by Crippen LogP contribution is 2.19. The van der Waals surface area contributed by atoms with Crippen molar-refractivity contribution in [3.05, 3.63) is 0 Å². The molecular weight excluding hydrogens is 206 g/mol. The van der Waals surface area contributed by atoms with Gasteiger partial charge in [0.1, 0.15) is 6.54 Å². The molecule has 2 fully saturated rings. The first-order valence-electron chi connectivity index (χ1n) is 5.78. The predicted molar refractivity (Wildman–Crippen MR) is 59.9 cm³/mol. The van der Waals surface area contributed by atoms with Crippen LogP contribution in [0.2, 0.25) is 0 Å². The molecule has 0 aliphatic carbocycles. The molecule has 5 nitrogen and oxygen atoms in total. The number of likely N-dealkylation sites (tertiary alicyclic amines) is 1. The van der Waals surface area contributed by atoms with E-state index in [1.54, 1.807) is 4.90 Å². The van der Waals surface area contributed by atoms with Gasteiger partial charge in [0.25, 0.3) is 0 Å². The van der Waals surface area contributed by atoms with Crippen LogP contribution in [-0.2, 0) is 4.79 Å². The molecule has 2 aliphatic rings. The van der Waals surface area contributed by atoms with Crippen LogP contribution in [0.1, 0.15) is 13.8 Å². The number of carbonyl (C=O) groups is 2. The smallest absolute Gasteiger partial charge is 0.313 e. The lowest BCUT2D eigenvalue weighted by Gasteiger charge is -2.37. The van der Waals surface area contributed by atoms with Crippen LogP contribution >= 0.6 is 0 Å². The fourth-order valence-corrected chi connectivity index (χ4v) is 2.35. The van der Waals surface area contributed by atoms with Crippen molar-refractivity contribution in [2.75, 3.05) is 33.2 Å². The molecule has 2 aliphatic heterocycles. The molecule has 0 aromatic carbocycles. The van der Waals surface area contributed by atoms with E-state index < -0.39 is 0 Å². The Hall–Kier alpha value is -1.10.